The molecule has 7 heteroatoms. The predicted octanol–water partition coefficient (Wildman–Crippen LogP) is 1.80. The van der Waals surface area contributed by atoms with Crippen LogP contribution in [0, 0.1) is 0 Å². The summed E-state index contributed by atoms with van der Waals surface area (Å²) in [6, 6.07) is 0. The Balaban J connectivity index is 0. The quantitative estimate of drug-likeness (QED) is 0.407. The van der Waals surface area contributed by atoms with E-state index in [1.807, 2.05) is 0 Å². The molecule has 15 heavy (non-hydrogen) atoms. The van der Waals surface area contributed by atoms with E-state index in [9.17, 15) is 9.79 Å². The monoisotopic (exact) mass is 371 g/mol. The summed E-state index contributed by atoms with van der Waals surface area (Å²) in [5, 5.41) is 0. The number of hydrogen-bond donors (Lipinski definition) is 0. The minimum absolute atomic E-state index is 0.527. The first-order chi connectivity index (χ1) is 7.02. The summed E-state index contributed by atoms with van der Waals surface area (Å²) in [5.41, 5.74) is -3.47. The zero-order valence-electron chi connectivity index (χ0n) is 9.14. The van der Waals surface area contributed by atoms with Gasteiger partial charge in [0.1, 0.15) is 0 Å². The van der Waals surface area contributed by atoms with Gasteiger partial charge in [-0.3, -0.25) is 0 Å². The van der Waals surface area contributed by atoms with E-state index in [0.29, 0.717) is 0 Å². The third-order valence-electron chi connectivity index (χ3n) is 1.78. The van der Waals surface area contributed by atoms with E-state index in [0.717, 1.165) is 37.2 Å². The van der Waals surface area contributed by atoms with Gasteiger partial charge in [-0.2, -0.15) is 0 Å². The molecule has 0 unspecified atom stereocenters. The molecule has 0 saturated heterocycles. The van der Waals surface area contributed by atoms with Gasteiger partial charge >= 0.3 is 27.8 Å². The molecular formula is C8H18MoO2PS3. The van der Waals surface area contributed by atoms with Crippen LogP contribution in [0.5, 0.6) is 0 Å². The van der Waals surface area contributed by atoms with Crippen molar-refractivity contribution in [3.8, 4) is 0 Å². The molecule has 0 atom stereocenters. The molecule has 0 aromatic rings. The van der Waals surface area contributed by atoms with E-state index in [2.05, 4.69) is 35.9 Å². The third kappa shape index (κ3) is 12.2. The maximum atomic E-state index is 11.2. The van der Waals surface area contributed by atoms with Gasteiger partial charge in [0.05, 0.1) is 0 Å². The van der Waals surface area contributed by atoms with Crippen molar-refractivity contribution in [1.29, 1.82) is 0 Å². The molecular weight excluding hydrogens is 351 g/mol. The molecule has 0 bridgehead atoms. The Bertz CT molecular complexity index is 190. The standard InChI is InChI=1S/C8H18O2PS2.Mo.S/c1-3-5-7-13(8-6-4-2)11(9,10)12;;/h3-8H2,1-2H3;;/q-3;+3;. The van der Waals surface area contributed by atoms with Crippen molar-refractivity contribution < 1.29 is 27.8 Å². The number of rotatable bonds is 6. The second-order valence-corrected chi connectivity index (χ2v) is 10.8. The van der Waals surface area contributed by atoms with Crippen LogP contribution < -0.4 is 9.79 Å². The summed E-state index contributed by atoms with van der Waals surface area (Å²) in [7, 11) is 3.57. The molecule has 0 saturated carbocycles. The molecule has 0 amide bonds. The molecule has 0 fully saturated rings. The minimum atomic E-state index is -3.47. The Morgan fingerprint density at radius 2 is 1.47 bits per heavy atom. The van der Waals surface area contributed by atoms with Gasteiger partial charge in [-0.25, -0.2) is 10.1 Å². The van der Waals surface area contributed by atoms with Gasteiger partial charge in [-0.05, 0) is 24.3 Å². The fraction of sp³-hybridized carbons (Fsp3) is 1.00. The van der Waals surface area contributed by atoms with E-state index >= 15 is 0 Å². The first-order valence-corrected chi connectivity index (χ1v) is 12.5. The molecule has 0 N–H and O–H groups in total. The number of unbranched alkanes of at least 4 members (excludes halogenated alkanes) is 2. The summed E-state index contributed by atoms with van der Waals surface area (Å²) in [6.45, 7) is 4.14. The van der Waals surface area contributed by atoms with Crippen molar-refractivity contribution in [3.63, 3.8) is 0 Å². The van der Waals surface area contributed by atoms with Crippen LogP contribution in [0.15, 0.2) is 0 Å². The summed E-state index contributed by atoms with van der Waals surface area (Å²) < 4.78 is 0. The second kappa shape index (κ2) is 12.4. The first kappa shape index (κ1) is 19.3. The van der Waals surface area contributed by atoms with Gasteiger partial charge in [0.2, 0.25) is 0 Å². The van der Waals surface area contributed by atoms with Crippen LogP contribution in [-0.4, -0.2) is 11.5 Å². The van der Waals surface area contributed by atoms with Crippen LogP contribution >= 0.6 is 15.5 Å². The summed E-state index contributed by atoms with van der Waals surface area (Å²) in [6.07, 6.45) is 4.06. The van der Waals surface area contributed by atoms with Crippen molar-refractivity contribution in [2.45, 2.75) is 39.5 Å². The molecule has 0 aliphatic carbocycles. The zero-order valence-corrected chi connectivity index (χ0v) is 14.5. The molecule has 0 heterocycles. The van der Waals surface area contributed by atoms with Crippen molar-refractivity contribution in [1.82, 2.24) is 0 Å². The van der Waals surface area contributed by atoms with Crippen LogP contribution in [-0.2, 0) is 40.3 Å². The third-order valence-corrected chi connectivity index (χ3v) is 8.83. The molecule has 0 spiro atoms. The van der Waals surface area contributed by atoms with Crippen molar-refractivity contribution in [2.75, 3.05) is 11.5 Å². The van der Waals surface area contributed by atoms with E-state index in [4.69, 9.17) is 0 Å². The average molecular weight is 369 g/mol. The predicted molar refractivity (Wildman–Crippen MR) is 68.8 cm³/mol. The van der Waals surface area contributed by atoms with E-state index in [1.165, 1.54) is 18.0 Å². The van der Waals surface area contributed by atoms with Gasteiger partial charge < -0.3 is 27.7 Å². The first-order valence-electron chi connectivity index (χ1n) is 4.89. The van der Waals surface area contributed by atoms with E-state index < -0.39 is 15.8 Å². The molecule has 0 aliphatic rings. The Kier molecular flexibility index (Phi) is 16.0. The fourth-order valence-electron chi connectivity index (χ4n) is 0.948. The molecule has 0 aromatic heterocycles. The van der Waals surface area contributed by atoms with Gasteiger partial charge in [0.25, 0.3) is 0 Å². The van der Waals surface area contributed by atoms with Gasteiger partial charge in [0.15, 0.2) is 0 Å². The van der Waals surface area contributed by atoms with Crippen molar-refractivity contribution in [3.05, 3.63) is 0 Å². The number of hydrogen-bond acceptors (Lipinski definition) is 4. The van der Waals surface area contributed by atoms with Crippen molar-refractivity contribution in [2.24, 2.45) is 0 Å². The van der Waals surface area contributed by atoms with Crippen molar-refractivity contribution >= 4 is 37.8 Å². The van der Waals surface area contributed by atoms with Gasteiger partial charge in [0, 0.05) is 0 Å². The SMILES string of the molecule is CCCCS(CCCC)=P([O-])([O-])[S-].[S]=[Mo+3]. The normalized spacial score (nSPS) is 11.2. The van der Waals surface area contributed by atoms with Crippen LogP contribution in [0.2, 0.25) is 0 Å². The Labute approximate surface area is 116 Å². The van der Waals surface area contributed by atoms with Crippen LogP contribution in [0.1, 0.15) is 39.5 Å². The van der Waals surface area contributed by atoms with Gasteiger partial charge in [-0.15, -0.1) is 0 Å². The second-order valence-electron chi connectivity index (χ2n) is 3.02. The molecule has 91 valence electrons. The van der Waals surface area contributed by atoms with Gasteiger partial charge in [-0.1, -0.05) is 26.7 Å². The molecule has 2 nitrogen and oxygen atoms in total. The summed E-state index contributed by atoms with van der Waals surface area (Å²) >= 11 is 6.08. The Morgan fingerprint density at radius 1 is 1.13 bits per heavy atom. The zero-order chi connectivity index (χ0) is 12.3. The topological polar surface area (TPSA) is 46.1 Å². The average Bonchev–Trinajstić information content (AvgIpc) is 2.19. The Hall–Kier alpha value is 1.96. The molecule has 0 aliphatic heterocycles. The van der Waals surface area contributed by atoms with Crippen LogP contribution in [0.25, 0.3) is 0 Å². The Morgan fingerprint density at radius 3 is 1.67 bits per heavy atom. The van der Waals surface area contributed by atoms with Crippen LogP contribution in [0.4, 0.5) is 0 Å². The molecule has 0 radical (unpaired) electrons. The van der Waals surface area contributed by atoms with Crippen LogP contribution in [0.3, 0.4) is 0 Å². The summed E-state index contributed by atoms with van der Waals surface area (Å²) in [4.78, 5) is 22.4. The molecule has 0 rings (SSSR count). The van der Waals surface area contributed by atoms with E-state index in [-0.39, 0.29) is 0 Å². The van der Waals surface area contributed by atoms with E-state index in [1.54, 1.807) is 0 Å². The molecule has 0 aromatic carbocycles. The summed E-state index contributed by atoms with van der Waals surface area (Å²) in [5.74, 6) is 1.56. The maximum absolute atomic E-state index is 11.2. The fourth-order valence-corrected chi connectivity index (χ4v) is 6.30.